The first-order valence-electron chi connectivity index (χ1n) is 7.09. The molecule has 5 nitrogen and oxygen atoms in total. The first kappa shape index (κ1) is 17.6. The van der Waals surface area contributed by atoms with Gasteiger partial charge >= 0.3 is 0 Å². The fourth-order valence-corrected chi connectivity index (χ4v) is 4.06. The Balaban J connectivity index is 3.13. The summed E-state index contributed by atoms with van der Waals surface area (Å²) in [6.45, 7) is 3.75. The predicted octanol–water partition coefficient (Wildman–Crippen LogP) is 1.92. The van der Waals surface area contributed by atoms with E-state index < -0.39 is 10.0 Å². The Bertz CT molecular complexity index is 572. The van der Waals surface area contributed by atoms with Gasteiger partial charge in [-0.1, -0.05) is 26.0 Å². The van der Waals surface area contributed by atoms with Gasteiger partial charge in [0.1, 0.15) is 0 Å². The SMILES string of the molecule is CCC(CC)N(CCO)S(=O)(=O)c1ccc(CC#N)cc1. The van der Waals surface area contributed by atoms with Crippen molar-refractivity contribution in [2.75, 3.05) is 13.2 Å². The Morgan fingerprint density at radius 3 is 2.24 bits per heavy atom. The second kappa shape index (κ2) is 8.13. The van der Waals surface area contributed by atoms with Crippen LogP contribution in [-0.2, 0) is 16.4 Å². The van der Waals surface area contributed by atoms with Crippen LogP contribution in [-0.4, -0.2) is 37.0 Å². The Morgan fingerprint density at radius 1 is 1.24 bits per heavy atom. The molecule has 0 radical (unpaired) electrons. The molecule has 0 fully saturated rings. The standard InChI is InChI=1S/C15H22N2O3S/c1-3-14(4-2)17(11-12-18)21(19,20)15-7-5-13(6-8-15)9-10-16/h5-8,14,18H,3-4,9,11-12H2,1-2H3. The van der Waals surface area contributed by atoms with Crippen LogP contribution in [0.3, 0.4) is 0 Å². The van der Waals surface area contributed by atoms with Crippen molar-refractivity contribution in [3.63, 3.8) is 0 Å². The molecular formula is C15H22N2O3S. The fraction of sp³-hybridized carbons (Fsp3) is 0.533. The maximum atomic E-state index is 12.7. The van der Waals surface area contributed by atoms with Gasteiger partial charge in [-0.15, -0.1) is 0 Å². The van der Waals surface area contributed by atoms with Gasteiger partial charge < -0.3 is 5.11 Å². The molecular weight excluding hydrogens is 288 g/mol. The zero-order valence-electron chi connectivity index (χ0n) is 12.5. The molecule has 0 heterocycles. The van der Waals surface area contributed by atoms with Gasteiger partial charge in [-0.25, -0.2) is 8.42 Å². The summed E-state index contributed by atoms with van der Waals surface area (Å²) >= 11 is 0. The summed E-state index contributed by atoms with van der Waals surface area (Å²) in [5.41, 5.74) is 0.785. The molecule has 0 unspecified atom stereocenters. The normalized spacial score (nSPS) is 11.8. The molecule has 0 aliphatic rings. The monoisotopic (exact) mass is 310 g/mol. The van der Waals surface area contributed by atoms with Crippen LogP contribution in [0.1, 0.15) is 32.3 Å². The second-order valence-electron chi connectivity index (χ2n) is 4.79. The summed E-state index contributed by atoms with van der Waals surface area (Å²) in [5.74, 6) is 0. The molecule has 0 atom stereocenters. The van der Waals surface area contributed by atoms with Gasteiger partial charge in [-0.2, -0.15) is 9.57 Å². The van der Waals surface area contributed by atoms with E-state index in [9.17, 15) is 8.42 Å². The van der Waals surface area contributed by atoms with E-state index in [2.05, 4.69) is 0 Å². The van der Waals surface area contributed by atoms with Crippen LogP contribution in [0.4, 0.5) is 0 Å². The van der Waals surface area contributed by atoms with E-state index in [1.54, 1.807) is 12.1 Å². The summed E-state index contributed by atoms with van der Waals surface area (Å²) in [6.07, 6.45) is 1.65. The molecule has 0 bridgehead atoms. The molecule has 1 N–H and O–H groups in total. The van der Waals surface area contributed by atoms with Crippen molar-refractivity contribution in [3.8, 4) is 6.07 Å². The summed E-state index contributed by atoms with van der Waals surface area (Å²) in [5, 5.41) is 17.8. The van der Waals surface area contributed by atoms with Crippen molar-refractivity contribution in [1.29, 1.82) is 5.26 Å². The topological polar surface area (TPSA) is 81.4 Å². The highest BCUT2D eigenvalue weighted by Gasteiger charge is 2.29. The van der Waals surface area contributed by atoms with Crippen LogP contribution in [0, 0.1) is 11.3 Å². The molecule has 0 amide bonds. The van der Waals surface area contributed by atoms with Crippen LogP contribution in [0.15, 0.2) is 29.2 Å². The first-order chi connectivity index (χ1) is 10.0. The predicted molar refractivity (Wildman–Crippen MR) is 81.1 cm³/mol. The lowest BCUT2D eigenvalue weighted by Crippen LogP contribution is -2.41. The minimum absolute atomic E-state index is 0.0919. The highest BCUT2D eigenvalue weighted by molar-refractivity contribution is 7.89. The number of sulfonamides is 1. The number of aliphatic hydroxyl groups excluding tert-OH is 1. The van der Waals surface area contributed by atoms with Crippen molar-refractivity contribution in [1.82, 2.24) is 4.31 Å². The zero-order valence-corrected chi connectivity index (χ0v) is 13.3. The number of rotatable bonds is 8. The van der Waals surface area contributed by atoms with E-state index in [1.807, 2.05) is 19.9 Å². The van der Waals surface area contributed by atoms with Crippen molar-refractivity contribution >= 4 is 10.0 Å². The number of nitriles is 1. The van der Waals surface area contributed by atoms with Crippen LogP contribution >= 0.6 is 0 Å². The highest BCUT2D eigenvalue weighted by Crippen LogP contribution is 2.21. The Morgan fingerprint density at radius 2 is 1.81 bits per heavy atom. The summed E-state index contributed by atoms with van der Waals surface area (Å²) < 4.78 is 26.8. The minimum atomic E-state index is -3.63. The van der Waals surface area contributed by atoms with Crippen LogP contribution < -0.4 is 0 Å². The van der Waals surface area contributed by atoms with E-state index in [4.69, 9.17) is 10.4 Å². The third-order valence-corrected chi connectivity index (χ3v) is 5.45. The van der Waals surface area contributed by atoms with Gasteiger partial charge in [0.25, 0.3) is 0 Å². The molecule has 0 saturated carbocycles. The smallest absolute Gasteiger partial charge is 0.243 e. The Labute approximate surface area is 126 Å². The summed E-state index contributed by atoms with van der Waals surface area (Å²) in [6, 6.07) is 8.26. The molecule has 1 aromatic carbocycles. The van der Waals surface area contributed by atoms with E-state index in [0.29, 0.717) is 12.8 Å². The van der Waals surface area contributed by atoms with E-state index in [1.165, 1.54) is 16.4 Å². The maximum absolute atomic E-state index is 12.7. The van der Waals surface area contributed by atoms with E-state index in [-0.39, 0.29) is 30.5 Å². The van der Waals surface area contributed by atoms with Crippen molar-refractivity contribution < 1.29 is 13.5 Å². The second-order valence-corrected chi connectivity index (χ2v) is 6.68. The number of nitrogens with zero attached hydrogens (tertiary/aromatic N) is 2. The Hall–Kier alpha value is -1.42. The molecule has 21 heavy (non-hydrogen) atoms. The molecule has 0 aliphatic carbocycles. The zero-order chi connectivity index (χ0) is 15.9. The van der Waals surface area contributed by atoms with Crippen LogP contribution in [0.5, 0.6) is 0 Å². The van der Waals surface area contributed by atoms with Gasteiger partial charge in [-0.05, 0) is 30.5 Å². The number of hydrogen-bond acceptors (Lipinski definition) is 4. The molecule has 0 saturated heterocycles. The van der Waals surface area contributed by atoms with Gasteiger partial charge in [-0.3, -0.25) is 0 Å². The van der Waals surface area contributed by atoms with Crippen LogP contribution in [0.2, 0.25) is 0 Å². The molecule has 116 valence electrons. The number of benzene rings is 1. The molecule has 1 aromatic rings. The fourth-order valence-electron chi connectivity index (χ4n) is 2.30. The van der Waals surface area contributed by atoms with Crippen molar-refractivity contribution in [2.45, 2.75) is 44.0 Å². The van der Waals surface area contributed by atoms with Gasteiger partial charge in [0.15, 0.2) is 0 Å². The highest BCUT2D eigenvalue weighted by atomic mass is 32.2. The minimum Gasteiger partial charge on any atom is -0.395 e. The largest absolute Gasteiger partial charge is 0.395 e. The molecule has 0 aromatic heterocycles. The lowest BCUT2D eigenvalue weighted by Gasteiger charge is -2.29. The van der Waals surface area contributed by atoms with E-state index in [0.717, 1.165) is 5.56 Å². The van der Waals surface area contributed by atoms with Gasteiger partial charge in [0, 0.05) is 12.6 Å². The quantitative estimate of drug-likeness (QED) is 0.795. The average Bonchev–Trinajstić information content (AvgIpc) is 2.48. The van der Waals surface area contributed by atoms with Crippen LogP contribution in [0.25, 0.3) is 0 Å². The van der Waals surface area contributed by atoms with Crippen molar-refractivity contribution in [2.24, 2.45) is 0 Å². The molecule has 1 rings (SSSR count). The lowest BCUT2D eigenvalue weighted by molar-refractivity contribution is 0.219. The van der Waals surface area contributed by atoms with Gasteiger partial charge in [0.05, 0.1) is 24.0 Å². The first-order valence-corrected chi connectivity index (χ1v) is 8.53. The summed E-state index contributed by atoms with van der Waals surface area (Å²) in [4.78, 5) is 0.199. The Kier molecular flexibility index (Phi) is 6.82. The number of hydrogen-bond donors (Lipinski definition) is 1. The maximum Gasteiger partial charge on any atom is 0.243 e. The van der Waals surface area contributed by atoms with Gasteiger partial charge in [0.2, 0.25) is 10.0 Å². The van der Waals surface area contributed by atoms with Crippen molar-refractivity contribution in [3.05, 3.63) is 29.8 Å². The molecule has 0 aliphatic heterocycles. The lowest BCUT2D eigenvalue weighted by atomic mass is 10.2. The third-order valence-electron chi connectivity index (χ3n) is 3.48. The molecule has 6 heteroatoms. The summed E-state index contributed by atoms with van der Waals surface area (Å²) in [7, 11) is -3.63. The third kappa shape index (κ3) is 4.27. The average molecular weight is 310 g/mol. The van der Waals surface area contributed by atoms with E-state index >= 15 is 0 Å². The number of aliphatic hydroxyl groups is 1. The molecule has 0 spiro atoms.